The Balaban J connectivity index is 1.66. The number of ether oxygens (including phenoxy) is 1. The van der Waals surface area contributed by atoms with Crippen molar-refractivity contribution in [2.24, 2.45) is 5.92 Å². The zero-order valence-electron chi connectivity index (χ0n) is 15.5. The average molecular weight is 479 g/mol. The fraction of sp³-hybridized carbons (Fsp3) is 0.316. The Morgan fingerprint density at radius 2 is 1.80 bits per heavy atom. The van der Waals surface area contributed by atoms with Crippen molar-refractivity contribution in [1.29, 1.82) is 0 Å². The first-order chi connectivity index (χ1) is 14.2. The molecule has 6 nitrogen and oxygen atoms in total. The number of hydrogen-bond donors (Lipinski definition) is 1. The predicted molar refractivity (Wildman–Crippen MR) is 110 cm³/mol. The molecule has 0 aromatic heterocycles. The molecule has 0 bridgehead atoms. The van der Waals surface area contributed by atoms with Crippen LogP contribution in [0.4, 0.5) is 14.5 Å². The van der Waals surface area contributed by atoms with Gasteiger partial charge in [-0.1, -0.05) is 35.3 Å². The zero-order chi connectivity index (χ0) is 21.9. The van der Waals surface area contributed by atoms with Crippen LogP contribution >= 0.6 is 23.2 Å². The minimum Gasteiger partial charge on any atom is -0.433 e. The molecule has 11 heteroatoms. The number of carbonyl (C=O) groups is 1. The van der Waals surface area contributed by atoms with Crippen LogP contribution in [0.3, 0.4) is 0 Å². The van der Waals surface area contributed by atoms with Crippen LogP contribution in [0, 0.1) is 5.92 Å². The summed E-state index contributed by atoms with van der Waals surface area (Å²) in [5, 5.41) is 2.90. The van der Waals surface area contributed by atoms with Crippen LogP contribution in [-0.4, -0.2) is 38.3 Å². The van der Waals surface area contributed by atoms with Crippen LogP contribution in [-0.2, 0) is 14.8 Å². The van der Waals surface area contributed by atoms with E-state index in [2.05, 4.69) is 10.1 Å². The first kappa shape index (κ1) is 22.7. The van der Waals surface area contributed by atoms with Gasteiger partial charge in [-0.15, -0.1) is 0 Å². The molecule has 0 atom stereocenters. The lowest BCUT2D eigenvalue weighted by atomic mass is 9.97. The number of anilines is 1. The number of nitrogens with one attached hydrogen (secondary N) is 1. The molecule has 1 N–H and O–H groups in total. The molecule has 0 saturated carbocycles. The summed E-state index contributed by atoms with van der Waals surface area (Å²) < 4.78 is 56.4. The van der Waals surface area contributed by atoms with Gasteiger partial charge in [0, 0.05) is 24.0 Å². The molecule has 30 heavy (non-hydrogen) atoms. The van der Waals surface area contributed by atoms with Gasteiger partial charge in [0.2, 0.25) is 15.9 Å². The van der Waals surface area contributed by atoms with Crippen molar-refractivity contribution in [3.63, 3.8) is 0 Å². The van der Waals surface area contributed by atoms with E-state index in [4.69, 9.17) is 23.2 Å². The number of benzene rings is 2. The first-order valence-corrected chi connectivity index (χ1v) is 11.2. The molecule has 162 valence electrons. The van der Waals surface area contributed by atoms with E-state index in [1.165, 1.54) is 40.7 Å². The molecule has 2 aromatic rings. The summed E-state index contributed by atoms with van der Waals surface area (Å²) in [6, 6.07) is 10.1. The summed E-state index contributed by atoms with van der Waals surface area (Å²) in [5.74, 6) is -1.01. The van der Waals surface area contributed by atoms with Gasteiger partial charge in [-0.05, 0) is 43.2 Å². The van der Waals surface area contributed by atoms with Crippen LogP contribution in [0.15, 0.2) is 47.4 Å². The van der Waals surface area contributed by atoms with Crippen LogP contribution in [0.5, 0.6) is 5.75 Å². The second-order valence-electron chi connectivity index (χ2n) is 6.62. The average Bonchev–Trinajstić information content (AvgIpc) is 2.71. The van der Waals surface area contributed by atoms with Crippen molar-refractivity contribution in [2.45, 2.75) is 24.3 Å². The second-order valence-corrected chi connectivity index (χ2v) is 9.37. The maximum Gasteiger partial charge on any atom is 0.387 e. The summed E-state index contributed by atoms with van der Waals surface area (Å²) in [4.78, 5) is 12.5. The van der Waals surface area contributed by atoms with E-state index < -0.39 is 28.5 Å². The third kappa shape index (κ3) is 5.21. The van der Waals surface area contributed by atoms with Gasteiger partial charge in [0.25, 0.3) is 0 Å². The standard InChI is InChI=1S/C19H18Cl2F2N2O4S/c20-13-5-6-14(21)17(11-13)30(27,28)25-9-7-12(8-10-25)18(26)24-15-3-1-2-4-16(15)29-19(22)23/h1-6,11-12,19H,7-10H2,(H,24,26). The molecule has 0 spiro atoms. The molecule has 1 amide bonds. The van der Waals surface area contributed by atoms with E-state index >= 15 is 0 Å². The highest BCUT2D eigenvalue weighted by atomic mass is 35.5. The van der Waals surface area contributed by atoms with Gasteiger partial charge in [0.05, 0.1) is 10.7 Å². The molecule has 1 heterocycles. The quantitative estimate of drug-likeness (QED) is 0.656. The lowest BCUT2D eigenvalue weighted by molar-refractivity contribution is -0.121. The van der Waals surface area contributed by atoms with Gasteiger partial charge in [0.15, 0.2) is 0 Å². The topological polar surface area (TPSA) is 75.7 Å². The molecule has 0 aliphatic carbocycles. The van der Waals surface area contributed by atoms with Crippen molar-refractivity contribution in [1.82, 2.24) is 4.31 Å². The van der Waals surface area contributed by atoms with E-state index in [1.54, 1.807) is 6.07 Å². The normalized spacial score (nSPS) is 15.9. The number of rotatable bonds is 6. The van der Waals surface area contributed by atoms with Gasteiger partial charge >= 0.3 is 6.61 Å². The van der Waals surface area contributed by atoms with Crippen LogP contribution < -0.4 is 10.1 Å². The Bertz CT molecular complexity index is 1030. The number of halogens is 4. The van der Waals surface area contributed by atoms with Gasteiger partial charge in [-0.2, -0.15) is 13.1 Å². The SMILES string of the molecule is O=C(Nc1ccccc1OC(F)F)C1CCN(S(=O)(=O)c2cc(Cl)ccc2Cl)CC1. The Kier molecular flexibility index (Phi) is 7.18. The van der Waals surface area contributed by atoms with Gasteiger partial charge < -0.3 is 10.1 Å². The summed E-state index contributed by atoms with van der Waals surface area (Å²) in [5.41, 5.74) is 0.128. The van der Waals surface area contributed by atoms with Gasteiger partial charge in [0.1, 0.15) is 10.6 Å². The minimum atomic E-state index is -3.86. The van der Waals surface area contributed by atoms with E-state index in [9.17, 15) is 22.0 Å². The van der Waals surface area contributed by atoms with Crippen molar-refractivity contribution in [3.05, 3.63) is 52.5 Å². The monoisotopic (exact) mass is 478 g/mol. The minimum absolute atomic E-state index is 0.0647. The molecule has 2 aromatic carbocycles. The number of para-hydroxylation sites is 2. The number of sulfonamides is 1. The third-order valence-corrected chi connectivity index (χ3v) is 7.31. The number of carbonyl (C=O) groups excluding carboxylic acids is 1. The number of nitrogens with zero attached hydrogens (tertiary/aromatic N) is 1. The molecule has 0 unspecified atom stereocenters. The second kappa shape index (κ2) is 9.47. The van der Waals surface area contributed by atoms with Crippen molar-refractivity contribution < 1.29 is 26.7 Å². The van der Waals surface area contributed by atoms with E-state index in [-0.39, 0.29) is 52.3 Å². The summed E-state index contributed by atoms with van der Waals surface area (Å²) in [6.45, 7) is -2.80. The Morgan fingerprint density at radius 1 is 1.13 bits per heavy atom. The van der Waals surface area contributed by atoms with E-state index in [1.807, 2.05) is 0 Å². The van der Waals surface area contributed by atoms with Gasteiger partial charge in [-0.25, -0.2) is 8.42 Å². The molecular weight excluding hydrogens is 461 g/mol. The number of hydrogen-bond acceptors (Lipinski definition) is 4. The molecule has 3 rings (SSSR count). The van der Waals surface area contributed by atoms with Gasteiger partial charge in [-0.3, -0.25) is 4.79 Å². The summed E-state index contributed by atoms with van der Waals surface area (Å²) >= 11 is 11.9. The highest BCUT2D eigenvalue weighted by Gasteiger charge is 2.33. The fourth-order valence-electron chi connectivity index (χ4n) is 3.18. The maximum atomic E-state index is 12.9. The lowest BCUT2D eigenvalue weighted by Crippen LogP contribution is -2.41. The first-order valence-electron chi connectivity index (χ1n) is 8.98. The van der Waals surface area contributed by atoms with Crippen molar-refractivity contribution in [2.75, 3.05) is 18.4 Å². The molecule has 1 aliphatic rings. The summed E-state index contributed by atoms with van der Waals surface area (Å²) in [7, 11) is -3.86. The van der Waals surface area contributed by atoms with Crippen molar-refractivity contribution >= 4 is 44.8 Å². The highest BCUT2D eigenvalue weighted by molar-refractivity contribution is 7.89. The Labute approximate surface area is 182 Å². The maximum absolute atomic E-state index is 12.9. The number of piperidine rings is 1. The number of alkyl halides is 2. The zero-order valence-corrected chi connectivity index (χ0v) is 17.9. The fourth-order valence-corrected chi connectivity index (χ4v) is 5.38. The van der Waals surface area contributed by atoms with Crippen LogP contribution in [0.1, 0.15) is 12.8 Å². The summed E-state index contributed by atoms with van der Waals surface area (Å²) in [6.07, 6.45) is 0.530. The van der Waals surface area contributed by atoms with Crippen molar-refractivity contribution in [3.8, 4) is 5.75 Å². The largest absolute Gasteiger partial charge is 0.433 e. The molecule has 1 fully saturated rings. The highest BCUT2D eigenvalue weighted by Crippen LogP contribution is 2.31. The van der Waals surface area contributed by atoms with E-state index in [0.29, 0.717) is 0 Å². The number of amides is 1. The molecule has 1 aliphatic heterocycles. The molecular formula is C19H18Cl2F2N2O4S. The molecule has 0 radical (unpaired) electrons. The predicted octanol–water partition coefficient (Wildman–Crippen LogP) is 4.63. The Hall–Kier alpha value is -1.94. The third-order valence-electron chi connectivity index (χ3n) is 4.70. The smallest absolute Gasteiger partial charge is 0.387 e. The van der Waals surface area contributed by atoms with Crippen LogP contribution in [0.25, 0.3) is 0 Å². The Morgan fingerprint density at radius 3 is 2.47 bits per heavy atom. The van der Waals surface area contributed by atoms with Crippen LogP contribution in [0.2, 0.25) is 10.0 Å². The van der Waals surface area contributed by atoms with E-state index in [0.717, 1.165) is 0 Å². The molecule has 1 saturated heterocycles. The lowest BCUT2D eigenvalue weighted by Gasteiger charge is -2.30.